The van der Waals surface area contributed by atoms with E-state index in [1.54, 1.807) is 6.21 Å². The molecule has 2 amide bonds. The van der Waals surface area contributed by atoms with E-state index < -0.39 is 0 Å². The largest absolute Gasteiger partial charge is 0.341 e. The molecule has 0 atom stereocenters. The van der Waals surface area contributed by atoms with Gasteiger partial charge in [0.05, 0.1) is 0 Å². The zero-order valence-electron chi connectivity index (χ0n) is 13.6. The number of rotatable bonds is 8. The summed E-state index contributed by atoms with van der Waals surface area (Å²) < 4.78 is 0. The second kappa shape index (κ2) is 11.5. The van der Waals surface area contributed by atoms with Gasteiger partial charge in [0.25, 0.3) is 0 Å². The van der Waals surface area contributed by atoms with Gasteiger partial charge in [0, 0.05) is 12.8 Å². The van der Waals surface area contributed by atoms with Crippen LogP contribution < -0.4 is 5.32 Å². The van der Waals surface area contributed by atoms with Gasteiger partial charge in [0.15, 0.2) is 0 Å². The predicted molar refractivity (Wildman–Crippen MR) is 94.5 cm³/mol. The Morgan fingerprint density at radius 3 is 2.64 bits per heavy atom. The summed E-state index contributed by atoms with van der Waals surface area (Å²) in [6.45, 7) is 4.85. The van der Waals surface area contributed by atoms with Crippen LogP contribution in [-0.4, -0.2) is 18.8 Å². The van der Waals surface area contributed by atoms with Crippen LogP contribution in [0.25, 0.3) is 0 Å². The van der Waals surface area contributed by atoms with Crippen molar-refractivity contribution in [3.8, 4) is 0 Å². The third-order valence-corrected chi connectivity index (χ3v) is 3.09. The smallest absolute Gasteiger partial charge is 0.332 e. The molecule has 0 radical (unpaired) electrons. The monoisotopic (exact) mass is 298 g/mol. The summed E-state index contributed by atoms with van der Waals surface area (Å²) in [4.78, 5) is 15.7. The molecule has 1 rings (SSSR count). The molecule has 0 aliphatic rings. The molecule has 0 spiro atoms. The highest BCUT2D eigenvalue weighted by Crippen LogP contribution is 2.04. The van der Waals surface area contributed by atoms with Crippen LogP contribution in [0.5, 0.6) is 0 Å². The molecule has 0 bridgehead atoms. The first kappa shape index (κ1) is 17.9. The SMILES string of the molecule is CCCC=CC=C(CCC)CNC(=O)/N=C/c1ccccc1. The summed E-state index contributed by atoms with van der Waals surface area (Å²) in [5, 5.41) is 2.84. The van der Waals surface area contributed by atoms with Gasteiger partial charge >= 0.3 is 6.03 Å². The van der Waals surface area contributed by atoms with E-state index in [0.717, 1.165) is 31.2 Å². The number of nitrogens with zero attached hydrogens (tertiary/aromatic N) is 1. The molecule has 0 unspecified atom stereocenters. The van der Waals surface area contributed by atoms with Crippen LogP contribution in [-0.2, 0) is 0 Å². The summed E-state index contributed by atoms with van der Waals surface area (Å²) in [5.41, 5.74) is 2.14. The van der Waals surface area contributed by atoms with Crippen molar-refractivity contribution in [3.63, 3.8) is 0 Å². The number of carbonyl (C=O) groups is 1. The van der Waals surface area contributed by atoms with Crippen molar-refractivity contribution in [2.24, 2.45) is 4.99 Å². The van der Waals surface area contributed by atoms with Crippen LogP contribution in [0.1, 0.15) is 45.1 Å². The molecule has 1 aromatic carbocycles. The Hall–Kier alpha value is -2.16. The van der Waals surface area contributed by atoms with E-state index in [2.05, 4.69) is 42.4 Å². The van der Waals surface area contributed by atoms with Crippen LogP contribution in [0.4, 0.5) is 4.79 Å². The Bertz CT molecular complexity index is 515. The van der Waals surface area contributed by atoms with Crippen molar-refractivity contribution in [1.82, 2.24) is 5.32 Å². The second-order valence-electron chi connectivity index (χ2n) is 5.12. The lowest BCUT2D eigenvalue weighted by Crippen LogP contribution is -2.22. The molecule has 0 saturated heterocycles. The van der Waals surface area contributed by atoms with Gasteiger partial charge in [-0.05, 0) is 18.4 Å². The number of unbranched alkanes of at least 4 members (excludes halogenated alkanes) is 1. The van der Waals surface area contributed by atoms with Crippen LogP contribution in [0.15, 0.2) is 59.1 Å². The number of urea groups is 1. The zero-order valence-corrected chi connectivity index (χ0v) is 13.6. The second-order valence-corrected chi connectivity index (χ2v) is 5.12. The summed E-state index contributed by atoms with van der Waals surface area (Å²) in [6, 6.07) is 9.30. The number of carbonyl (C=O) groups excluding carboxylic acids is 1. The Balaban J connectivity index is 2.46. The number of allylic oxidation sites excluding steroid dienone is 3. The molecular formula is C19H26N2O. The highest BCUT2D eigenvalue weighted by Gasteiger charge is 1.99. The van der Waals surface area contributed by atoms with Gasteiger partial charge in [-0.2, -0.15) is 0 Å². The van der Waals surface area contributed by atoms with E-state index in [1.165, 1.54) is 5.57 Å². The maximum absolute atomic E-state index is 11.7. The lowest BCUT2D eigenvalue weighted by atomic mass is 10.1. The first-order valence-corrected chi connectivity index (χ1v) is 7.97. The average molecular weight is 298 g/mol. The summed E-state index contributed by atoms with van der Waals surface area (Å²) >= 11 is 0. The summed E-state index contributed by atoms with van der Waals surface area (Å²) in [5.74, 6) is 0. The van der Waals surface area contributed by atoms with Crippen LogP contribution >= 0.6 is 0 Å². The minimum atomic E-state index is -0.302. The normalized spacial score (nSPS) is 12.2. The Morgan fingerprint density at radius 2 is 1.95 bits per heavy atom. The molecule has 0 aliphatic heterocycles. The third kappa shape index (κ3) is 8.20. The molecule has 0 heterocycles. The van der Waals surface area contributed by atoms with Gasteiger partial charge in [-0.3, -0.25) is 0 Å². The van der Waals surface area contributed by atoms with Crippen LogP contribution in [0.2, 0.25) is 0 Å². The molecule has 118 valence electrons. The number of aliphatic imine (C=N–C) groups is 1. The van der Waals surface area contributed by atoms with Crippen molar-refractivity contribution in [2.75, 3.05) is 6.54 Å². The molecule has 1 aromatic rings. The van der Waals surface area contributed by atoms with Crippen molar-refractivity contribution in [3.05, 3.63) is 59.7 Å². The highest BCUT2D eigenvalue weighted by molar-refractivity contribution is 5.91. The minimum Gasteiger partial charge on any atom is -0.332 e. The quantitative estimate of drug-likeness (QED) is 0.538. The molecule has 22 heavy (non-hydrogen) atoms. The van der Waals surface area contributed by atoms with Gasteiger partial charge in [-0.15, -0.1) is 0 Å². The van der Waals surface area contributed by atoms with E-state index in [4.69, 9.17) is 0 Å². The Kier molecular flexibility index (Phi) is 9.35. The zero-order chi connectivity index (χ0) is 16.0. The maximum Gasteiger partial charge on any atom is 0.341 e. The average Bonchev–Trinajstić information content (AvgIpc) is 2.55. The number of hydrogen-bond donors (Lipinski definition) is 1. The number of benzene rings is 1. The first-order chi connectivity index (χ1) is 10.8. The van der Waals surface area contributed by atoms with E-state index in [1.807, 2.05) is 30.3 Å². The highest BCUT2D eigenvalue weighted by atomic mass is 16.2. The van der Waals surface area contributed by atoms with Crippen LogP contribution in [0.3, 0.4) is 0 Å². The topological polar surface area (TPSA) is 41.5 Å². The van der Waals surface area contributed by atoms with Gasteiger partial charge in [0.2, 0.25) is 0 Å². The fourth-order valence-electron chi connectivity index (χ4n) is 1.93. The van der Waals surface area contributed by atoms with Gasteiger partial charge in [0.1, 0.15) is 0 Å². The van der Waals surface area contributed by atoms with Crippen molar-refractivity contribution in [1.29, 1.82) is 0 Å². The Labute approximate surface area is 133 Å². The molecule has 0 fully saturated rings. The molecular weight excluding hydrogens is 272 g/mol. The lowest BCUT2D eigenvalue weighted by molar-refractivity contribution is 0.250. The molecule has 3 nitrogen and oxygen atoms in total. The summed E-state index contributed by atoms with van der Waals surface area (Å²) in [7, 11) is 0. The third-order valence-electron chi connectivity index (χ3n) is 3.09. The molecule has 0 aromatic heterocycles. The van der Waals surface area contributed by atoms with Gasteiger partial charge in [-0.25, -0.2) is 9.79 Å². The summed E-state index contributed by atoms with van der Waals surface area (Å²) in [6.07, 6.45) is 12.2. The van der Waals surface area contributed by atoms with E-state index >= 15 is 0 Å². The van der Waals surface area contributed by atoms with Crippen molar-refractivity contribution < 1.29 is 4.79 Å². The molecule has 1 N–H and O–H groups in total. The predicted octanol–water partition coefficient (Wildman–Crippen LogP) is 4.90. The van der Waals surface area contributed by atoms with Gasteiger partial charge < -0.3 is 5.32 Å². The number of nitrogens with one attached hydrogen (secondary N) is 1. The fourth-order valence-corrected chi connectivity index (χ4v) is 1.93. The Morgan fingerprint density at radius 1 is 1.18 bits per heavy atom. The first-order valence-electron chi connectivity index (χ1n) is 7.97. The number of amides is 2. The van der Waals surface area contributed by atoms with Gasteiger partial charge in [-0.1, -0.05) is 80.8 Å². The fraction of sp³-hybridized carbons (Fsp3) is 0.368. The van der Waals surface area contributed by atoms with E-state index in [-0.39, 0.29) is 6.03 Å². The molecule has 0 aliphatic carbocycles. The standard InChI is InChI=1S/C19H26N2O/c1-3-5-6-8-12-17(11-4-2)15-20-19(22)21-16-18-13-9-7-10-14-18/h6-10,12-14,16H,3-5,11,15H2,1-2H3,(H,20,22)/b8-6?,17-12?,21-16+. The molecule has 0 saturated carbocycles. The molecule has 3 heteroatoms. The minimum absolute atomic E-state index is 0.302. The van der Waals surface area contributed by atoms with E-state index in [0.29, 0.717) is 6.54 Å². The maximum atomic E-state index is 11.7. The lowest BCUT2D eigenvalue weighted by Gasteiger charge is -2.05. The van der Waals surface area contributed by atoms with Crippen LogP contribution in [0, 0.1) is 0 Å². The number of hydrogen-bond acceptors (Lipinski definition) is 1. The van der Waals surface area contributed by atoms with Crippen molar-refractivity contribution in [2.45, 2.75) is 39.5 Å². The van der Waals surface area contributed by atoms with Crippen molar-refractivity contribution >= 4 is 12.2 Å². The van der Waals surface area contributed by atoms with E-state index in [9.17, 15) is 4.79 Å².